The van der Waals surface area contributed by atoms with Crippen LogP contribution in [0.1, 0.15) is 64.4 Å². The maximum atomic E-state index is 13.0. The highest BCUT2D eigenvalue weighted by molar-refractivity contribution is 6.42. The van der Waals surface area contributed by atoms with Crippen LogP contribution in [0.4, 0.5) is 0 Å². The standard InChI is InChI=1S/C22H23Cl2N3O6/c23-15-7-6-12(8-16(15)24)9-25-20(31)14-11-27(13-4-2-1-3-5-13)22(33)18(19(14)30)21(32)26-10-17(28)29/h6-8,11,13,30H,1-5,9-10H2,(H,25,31)(H,26,32)(H,28,29). The third kappa shape index (κ3) is 5.85. The van der Waals surface area contributed by atoms with Gasteiger partial charge in [-0.3, -0.25) is 19.2 Å². The molecule has 1 fully saturated rings. The van der Waals surface area contributed by atoms with Crippen LogP contribution in [0.15, 0.2) is 29.2 Å². The molecule has 1 heterocycles. The lowest BCUT2D eigenvalue weighted by Crippen LogP contribution is -2.38. The Bertz CT molecular complexity index is 1140. The summed E-state index contributed by atoms with van der Waals surface area (Å²) in [4.78, 5) is 49.3. The first-order chi connectivity index (χ1) is 15.7. The summed E-state index contributed by atoms with van der Waals surface area (Å²) in [5.41, 5.74) is -1.05. The van der Waals surface area contributed by atoms with Crippen molar-refractivity contribution in [1.82, 2.24) is 15.2 Å². The monoisotopic (exact) mass is 495 g/mol. The van der Waals surface area contributed by atoms with E-state index in [1.807, 2.05) is 0 Å². The molecule has 9 nitrogen and oxygen atoms in total. The average Bonchev–Trinajstić information content (AvgIpc) is 2.79. The highest BCUT2D eigenvalue weighted by Crippen LogP contribution is 2.29. The van der Waals surface area contributed by atoms with Gasteiger partial charge in [-0.25, -0.2) is 0 Å². The van der Waals surface area contributed by atoms with Crippen molar-refractivity contribution in [2.24, 2.45) is 0 Å². The highest BCUT2D eigenvalue weighted by Gasteiger charge is 2.28. The van der Waals surface area contributed by atoms with Crippen LogP contribution in [0, 0.1) is 0 Å². The summed E-state index contributed by atoms with van der Waals surface area (Å²) in [6.45, 7) is -0.687. The minimum atomic E-state index is -1.31. The third-order valence-corrected chi connectivity index (χ3v) is 6.22. The fourth-order valence-corrected chi connectivity index (χ4v) is 4.12. The van der Waals surface area contributed by atoms with Crippen LogP contribution in [0.25, 0.3) is 0 Å². The molecule has 0 atom stereocenters. The number of hydrogen-bond acceptors (Lipinski definition) is 5. The summed E-state index contributed by atoms with van der Waals surface area (Å²) in [6, 6.07) is 4.59. The predicted molar refractivity (Wildman–Crippen MR) is 122 cm³/mol. The molecule has 2 amide bonds. The van der Waals surface area contributed by atoms with Crippen molar-refractivity contribution >= 4 is 41.0 Å². The largest absolute Gasteiger partial charge is 0.506 e. The number of nitrogens with one attached hydrogen (secondary N) is 2. The van der Waals surface area contributed by atoms with E-state index < -0.39 is 41.2 Å². The number of rotatable bonds is 7. The van der Waals surface area contributed by atoms with Gasteiger partial charge >= 0.3 is 5.97 Å². The lowest BCUT2D eigenvalue weighted by molar-refractivity contribution is -0.135. The summed E-state index contributed by atoms with van der Waals surface area (Å²) >= 11 is 11.9. The first-order valence-electron chi connectivity index (χ1n) is 10.4. The Morgan fingerprint density at radius 2 is 1.73 bits per heavy atom. The van der Waals surface area contributed by atoms with E-state index in [-0.39, 0.29) is 18.2 Å². The highest BCUT2D eigenvalue weighted by atomic mass is 35.5. The number of benzene rings is 1. The zero-order valence-electron chi connectivity index (χ0n) is 17.6. The third-order valence-electron chi connectivity index (χ3n) is 5.49. The minimum absolute atomic E-state index is 0.0538. The molecule has 1 aromatic carbocycles. The molecule has 33 heavy (non-hydrogen) atoms. The fraction of sp³-hybridized carbons (Fsp3) is 0.364. The molecule has 1 aromatic heterocycles. The number of pyridine rings is 1. The topological polar surface area (TPSA) is 138 Å². The lowest BCUT2D eigenvalue weighted by atomic mass is 9.94. The summed E-state index contributed by atoms with van der Waals surface area (Å²) in [5, 5.41) is 24.9. The Balaban J connectivity index is 1.95. The van der Waals surface area contributed by atoms with Gasteiger partial charge in [-0.15, -0.1) is 0 Å². The van der Waals surface area contributed by atoms with Crippen LogP contribution in [0.2, 0.25) is 10.0 Å². The molecular weight excluding hydrogens is 473 g/mol. The van der Waals surface area contributed by atoms with Crippen LogP contribution < -0.4 is 16.2 Å². The van der Waals surface area contributed by atoms with Crippen LogP contribution in [0.3, 0.4) is 0 Å². The zero-order chi connectivity index (χ0) is 24.1. The van der Waals surface area contributed by atoms with Gasteiger partial charge in [-0.1, -0.05) is 48.5 Å². The molecule has 1 aliphatic carbocycles. The van der Waals surface area contributed by atoms with Crippen molar-refractivity contribution in [3.63, 3.8) is 0 Å². The Morgan fingerprint density at radius 3 is 2.36 bits per heavy atom. The van der Waals surface area contributed by atoms with E-state index in [1.54, 1.807) is 18.2 Å². The van der Waals surface area contributed by atoms with Crippen molar-refractivity contribution in [1.29, 1.82) is 0 Å². The second-order valence-corrected chi connectivity index (χ2v) is 8.59. The fourth-order valence-electron chi connectivity index (χ4n) is 3.80. The number of nitrogens with zero attached hydrogens (tertiary/aromatic N) is 1. The van der Waals surface area contributed by atoms with E-state index in [2.05, 4.69) is 10.6 Å². The Labute approximate surface area is 199 Å². The van der Waals surface area contributed by atoms with Crippen LogP contribution in [-0.2, 0) is 11.3 Å². The predicted octanol–water partition coefficient (Wildman–Crippen LogP) is 3.11. The number of aliphatic carboxylic acids is 1. The smallest absolute Gasteiger partial charge is 0.322 e. The molecule has 3 rings (SSSR count). The number of amides is 2. The molecule has 1 aliphatic rings. The van der Waals surface area contributed by atoms with Crippen molar-refractivity contribution in [3.8, 4) is 5.75 Å². The summed E-state index contributed by atoms with van der Waals surface area (Å²) < 4.78 is 1.29. The van der Waals surface area contributed by atoms with Gasteiger partial charge in [0.15, 0.2) is 0 Å². The summed E-state index contributed by atoms with van der Waals surface area (Å²) in [5.74, 6) is -3.90. The maximum Gasteiger partial charge on any atom is 0.322 e. The van der Waals surface area contributed by atoms with E-state index in [1.165, 1.54) is 10.8 Å². The van der Waals surface area contributed by atoms with Gasteiger partial charge in [0, 0.05) is 18.8 Å². The van der Waals surface area contributed by atoms with Gasteiger partial charge in [0.05, 0.1) is 15.6 Å². The van der Waals surface area contributed by atoms with Crippen molar-refractivity contribution in [3.05, 3.63) is 61.5 Å². The van der Waals surface area contributed by atoms with Gasteiger partial charge in [0.2, 0.25) is 0 Å². The summed E-state index contributed by atoms with van der Waals surface area (Å²) in [7, 11) is 0. The van der Waals surface area contributed by atoms with E-state index in [0.29, 0.717) is 28.5 Å². The van der Waals surface area contributed by atoms with Crippen LogP contribution >= 0.6 is 23.2 Å². The van der Waals surface area contributed by atoms with Crippen molar-refractivity contribution in [2.45, 2.75) is 44.7 Å². The number of aromatic hydroxyl groups is 1. The van der Waals surface area contributed by atoms with Crippen LogP contribution in [-0.4, -0.2) is 39.1 Å². The molecule has 1 saturated carbocycles. The number of carboxylic acids is 1. The Kier molecular flexibility index (Phi) is 7.99. The molecule has 0 unspecified atom stereocenters. The van der Waals surface area contributed by atoms with Gasteiger partial charge < -0.3 is 25.4 Å². The maximum absolute atomic E-state index is 13.0. The minimum Gasteiger partial charge on any atom is -0.506 e. The number of aromatic nitrogens is 1. The normalized spacial score (nSPS) is 14.0. The SMILES string of the molecule is O=C(O)CNC(=O)c1c(O)c(C(=O)NCc2ccc(Cl)c(Cl)c2)cn(C2CCCCC2)c1=O. The molecule has 0 radical (unpaired) electrons. The molecular formula is C22H23Cl2N3O6. The van der Waals surface area contributed by atoms with E-state index >= 15 is 0 Å². The van der Waals surface area contributed by atoms with Gasteiger partial charge in [0.25, 0.3) is 17.4 Å². The number of carbonyl (C=O) groups is 3. The molecule has 176 valence electrons. The second kappa shape index (κ2) is 10.7. The summed E-state index contributed by atoms with van der Waals surface area (Å²) in [6.07, 6.45) is 5.42. The van der Waals surface area contributed by atoms with E-state index in [9.17, 15) is 24.3 Å². The zero-order valence-corrected chi connectivity index (χ0v) is 19.1. The first kappa shape index (κ1) is 24.6. The van der Waals surface area contributed by atoms with Crippen molar-refractivity contribution in [2.75, 3.05) is 6.54 Å². The lowest BCUT2D eigenvalue weighted by Gasteiger charge is -2.25. The molecule has 0 saturated heterocycles. The number of hydrogen-bond donors (Lipinski definition) is 4. The molecule has 0 spiro atoms. The molecule has 0 bridgehead atoms. The van der Waals surface area contributed by atoms with Crippen LogP contribution in [0.5, 0.6) is 5.75 Å². The van der Waals surface area contributed by atoms with Crippen molar-refractivity contribution < 1.29 is 24.6 Å². The molecule has 2 aromatic rings. The number of carboxylic acid groups (broad SMARTS) is 1. The van der Waals surface area contributed by atoms with E-state index in [4.69, 9.17) is 28.3 Å². The second-order valence-electron chi connectivity index (χ2n) is 7.78. The van der Waals surface area contributed by atoms with Gasteiger partial charge in [-0.05, 0) is 30.5 Å². The Morgan fingerprint density at radius 1 is 1.03 bits per heavy atom. The number of carbonyl (C=O) groups excluding carboxylic acids is 2. The molecule has 11 heteroatoms. The van der Waals surface area contributed by atoms with E-state index in [0.717, 1.165) is 19.3 Å². The van der Waals surface area contributed by atoms with Gasteiger partial charge in [-0.2, -0.15) is 0 Å². The number of halogens is 2. The van der Waals surface area contributed by atoms with Gasteiger partial charge in [0.1, 0.15) is 17.9 Å². The average molecular weight is 496 g/mol. The molecule has 4 N–H and O–H groups in total. The first-order valence-corrected chi connectivity index (χ1v) is 11.1. The Hall–Kier alpha value is -3.04. The molecule has 0 aliphatic heterocycles. The quantitative estimate of drug-likeness (QED) is 0.465.